The minimum Gasteiger partial charge on any atom is -0.479 e. The number of alkyl carbamates (subject to hydrolysis) is 1. The van der Waals surface area contributed by atoms with Gasteiger partial charge in [-0.25, -0.2) is 9.59 Å². The monoisotopic (exact) mass is 476 g/mol. The van der Waals surface area contributed by atoms with E-state index >= 15 is 0 Å². The molecule has 2 N–H and O–H groups in total. The molecule has 4 aliphatic rings. The number of carboxylic acids is 1. The Morgan fingerprint density at radius 1 is 1.09 bits per heavy atom. The van der Waals surface area contributed by atoms with E-state index in [9.17, 15) is 19.5 Å². The van der Waals surface area contributed by atoms with Crippen molar-refractivity contribution in [2.75, 3.05) is 13.2 Å². The SMILES string of the molecule is CCCCC(CC(=O)N1CC2CC1(C(=O)O)C2)NC(=O)OCC1c2ccccc2-c2ccccc21. The smallest absolute Gasteiger partial charge is 0.407 e. The lowest BCUT2D eigenvalue weighted by molar-refractivity contribution is -0.158. The van der Waals surface area contributed by atoms with Crippen LogP contribution in [-0.4, -0.2) is 52.7 Å². The highest BCUT2D eigenvalue weighted by Gasteiger charge is 2.62. The highest BCUT2D eigenvalue weighted by atomic mass is 16.5. The van der Waals surface area contributed by atoms with Crippen LogP contribution in [0, 0.1) is 5.92 Å². The summed E-state index contributed by atoms with van der Waals surface area (Å²) < 4.78 is 5.68. The van der Waals surface area contributed by atoms with Gasteiger partial charge in [0.25, 0.3) is 0 Å². The first-order valence-electron chi connectivity index (χ1n) is 12.6. The Morgan fingerprint density at radius 2 is 1.71 bits per heavy atom. The lowest BCUT2D eigenvalue weighted by atomic mass is 9.73. The lowest BCUT2D eigenvalue weighted by Crippen LogP contribution is -2.55. The van der Waals surface area contributed by atoms with E-state index in [4.69, 9.17) is 4.74 Å². The van der Waals surface area contributed by atoms with E-state index in [0.29, 0.717) is 25.8 Å². The number of unbranched alkanes of at least 4 members (excludes halogenated alkanes) is 1. The minimum atomic E-state index is -1.04. The van der Waals surface area contributed by atoms with Gasteiger partial charge < -0.3 is 20.1 Å². The van der Waals surface area contributed by atoms with Gasteiger partial charge in [-0.05, 0) is 47.4 Å². The average molecular weight is 477 g/mol. The number of rotatable bonds is 9. The molecular formula is C28H32N2O5. The van der Waals surface area contributed by atoms with Crippen molar-refractivity contribution >= 4 is 18.0 Å². The molecule has 1 unspecified atom stereocenters. The molecule has 0 radical (unpaired) electrons. The number of hydrogen-bond acceptors (Lipinski definition) is 4. The summed E-state index contributed by atoms with van der Waals surface area (Å²) in [5, 5.41) is 12.6. The Labute approximate surface area is 205 Å². The maximum absolute atomic E-state index is 13.1. The van der Waals surface area contributed by atoms with E-state index in [1.54, 1.807) is 0 Å². The second kappa shape index (κ2) is 9.36. The molecule has 2 aliphatic carbocycles. The van der Waals surface area contributed by atoms with Crippen LogP contribution in [0.15, 0.2) is 48.5 Å². The molecule has 2 saturated heterocycles. The fourth-order valence-corrected chi connectivity index (χ4v) is 6.11. The zero-order chi connectivity index (χ0) is 24.6. The van der Waals surface area contributed by atoms with Crippen molar-refractivity contribution in [3.8, 4) is 11.1 Å². The number of hydrogen-bond donors (Lipinski definition) is 2. The molecular weight excluding hydrogens is 444 g/mol. The summed E-state index contributed by atoms with van der Waals surface area (Å²) in [6.45, 7) is 2.77. The normalized spacial score (nSPS) is 22.7. The molecule has 1 saturated carbocycles. The van der Waals surface area contributed by atoms with E-state index < -0.39 is 17.6 Å². The fraction of sp³-hybridized carbons (Fsp3) is 0.464. The van der Waals surface area contributed by atoms with Crippen LogP contribution in [0.4, 0.5) is 4.79 Å². The number of aliphatic carboxylic acids is 1. The molecule has 2 aromatic rings. The fourth-order valence-electron chi connectivity index (χ4n) is 6.11. The van der Waals surface area contributed by atoms with Crippen molar-refractivity contribution in [2.45, 2.75) is 62.9 Å². The third-order valence-corrected chi connectivity index (χ3v) is 7.90. The number of benzene rings is 2. The van der Waals surface area contributed by atoms with Crippen LogP contribution in [0.5, 0.6) is 0 Å². The Balaban J connectivity index is 1.22. The quantitative estimate of drug-likeness (QED) is 0.554. The number of ether oxygens (including phenoxy) is 1. The van der Waals surface area contributed by atoms with E-state index in [1.807, 2.05) is 24.3 Å². The van der Waals surface area contributed by atoms with Gasteiger partial charge in [-0.2, -0.15) is 0 Å². The second-order valence-corrected chi connectivity index (χ2v) is 10.1. The van der Waals surface area contributed by atoms with E-state index in [2.05, 4.69) is 36.5 Å². The van der Waals surface area contributed by atoms with Gasteiger partial charge in [-0.1, -0.05) is 68.3 Å². The van der Waals surface area contributed by atoms with Crippen LogP contribution < -0.4 is 5.32 Å². The third kappa shape index (κ3) is 4.17. The molecule has 2 heterocycles. The first-order valence-corrected chi connectivity index (χ1v) is 12.6. The molecule has 7 heteroatoms. The van der Waals surface area contributed by atoms with E-state index in [-0.39, 0.29) is 36.8 Å². The second-order valence-electron chi connectivity index (χ2n) is 10.1. The molecule has 1 atom stereocenters. The maximum Gasteiger partial charge on any atom is 0.407 e. The van der Waals surface area contributed by atoms with Crippen molar-refractivity contribution in [3.63, 3.8) is 0 Å². The van der Waals surface area contributed by atoms with Crippen LogP contribution >= 0.6 is 0 Å². The number of carboxylic acid groups (broad SMARTS) is 1. The van der Waals surface area contributed by atoms with Gasteiger partial charge in [0.1, 0.15) is 12.1 Å². The number of nitrogens with zero attached hydrogens (tertiary/aromatic N) is 1. The number of carbonyl (C=O) groups excluding carboxylic acids is 2. The van der Waals surface area contributed by atoms with Crippen LogP contribution in [-0.2, 0) is 14.3 Å². The first kappa shape index (κ1) is 23.4. The molecule has 2 aliphatic heterocycles. The van der Waals surface area contributed by atoms with Crippen LogP contribution in [0.1, 0.15) is 62.5 Å². The molecule has 3 fully saturated rings. The number of amides is 2. The van der Waals surface area contributed by atoms with Crippen LogP contribution in [0.25, 0.3) is 11.1 Å². The zero-order valence-electron chi connectivity index (χ0n) is 20.0. The van der Waals surface area contributed by atoms with Crippen molar-refractivity contribution in [1.29, 1.82) is 0 Å². The standard InChI is InChI=1S/C28H32N2O5/c1-2-3-8-19(13-25(31)30-16-18-14-28(30,15-18)26(32)33)29-27(34)35-17-24-22-11-6-4-9-20(22)21-10-5-7-12-23(21)24/h4-7,9-12,18-19,24H,2-3,8,13-17H2,1H3,(H,29,34)(H,32,33). The molecule has 2 aromatic carbocycles. The summed E-state index contributed by atoms with van der Waals surface area (Å²) in [5.41, 5.74) is 3.58. The van der Waals surface area contributed by atoms with Gasteiger partial charge in [0.05, 0.1) is 0 Å². The number of nitrogens with one attached hydrogen (secondary N) is 1. The molecule has 7 nitrogen and oxygen atoms in total. The summed E-state index contributed by atoms with van der Waals surface area (Å²) in [6.07, 6.45) is 3.05. The van der Waals surface area contributed by atoms with Crippen molar-refractivity contribution in [1.82, 2.24) is 10.2 Å². The summed E-state index contributed by atoms with van der Waals surface area (Å²) in [5.74, 6) is -0.878. The topological polar surface area (TPSA) is 95.9 Å². The minimum absolute atomic E-state index is 0.0318. The largest absolute Gasteiger partial charge is 0.479 e. The van der Waals surface area contributed by atoms with Gasteiger partial charge >= 0.3 is 12.1 Å². The van der Waals surface area contributed by atoms with E-state index in [0.717, 1.165) is 24.0 Å². The summed E-state index contributed by atoms with van der Waals surface area (Å²) in [4.78, 5) is 39.2. The highest BCUT2D eigenvalue weighted by Crippen LogP contribution is 2.51. The third-order valence-electron chi connectivity index (χ3n) is 7.90. The van der Waals surface area contributed by atoms with Crippen LogP contribution in [0.2, 0.25) is 0 Å². The van der Waals surface area contributed by atoms with Gasteiger partial charge in [-0.15, -0.1) is 0 Å². The molecule has 0 spiro atoms. The molecule has 0 aromatic heterocycles. The van der Waals surface area contributed by atoms with E-state index in [1.165, 1.54) is 16.0 Å². The number of carbonyl (C=O) groups is 3. The summed E-state index contributed by atoms with van der Waals surface area (Å²) in [6, 6.07) is 16.0. The Hall–Kier alpha value is -3.35. The molecule has 6 rings (SSSR count). The molecule has 184 valence electrons. The lowest BCUT2D eigenvalue weighted by Gasteiger charge is -2.38. The Kier molecular flexibility index (Phi) is 6.26. The van der Waals surface area contributed by atoms with Gasteiger partial charge in [0.2, 0.25) is 5.91 Å². The van der Waals surface area contributed by atoms with Crippen molar-refractivity contribution < 1.29 is 24.2 Å². The number of fused-ring (bicyclic) bond motifs is 4. The Morgan fingerprint density at radius 3 is 2.31 bits per heavy atom. The van der Waals surface area contributed by atoms with Gasteiger partial charge in [0.15, 0.2) is 0 Å². The van der Waals surface area contributed by atoms with Crippen molar-refractivity contribution in [2.24, 2.45) is 5.92 Å². The Bertz CT molecular complexity index is 1090. The predicted octanol–water partition coefficient (Wildman–Crippen LogP) is 4.55. The van der Waals surface area contributed by atoms with Gasteiger partial charge in [-0.3, -0.25) is 4.79 Å². The zero-order valence-corrected chi connectivity index (χ0v) is 20.0. The van der Waals surface area contributed by atoms with Crippen LogP contribution in [0.3, 0.4) is 0 Å². The van der Waals surface area contributed by atoms with Crippen molar-refractivity contribution in [3.05, 3.63) is 59.7 Å². The molecule has 2 amide bonds. The maximum atomic E-state index is 13.1. The average Bonchev–Trinajstić information content (AvgIpc) is 3.50. The first-order chi connectivity index (χ1) is 16.9. The summed E-state index contributed by atoms with van der Waals surface area (Å²) >= 11 is 0. The highest BCUT2D eigenvalue weighted by molar-refractivity contribution is 5.90. The molecule has 35 heavy (non-hydrogen) atoms. The summed E-state index contributed by atoms with van der Waals surface area (Å²) in [7, 11) is 0. The predicted molar refractivity (Wildman–Crippen MR) is 131 cm³/mol. The molecule has 2 bridgehead atoms. The van der Waals surface area contributed by atoms with Gasteiger partial charge in [0, 0.05) is 24.9 Å².